The van der Waals surface area contributed by atoms with Gasteiger partial charge in [-0.05, 0) is 54.6 Å². The van der Waals surface area contributed by atoms with Gasteiger partial charge in [0, 0.05) is 29.3 Å². The van der Waals surface area contributed by atoms with Crippen molar-refractivity contribution >= 4 is 33.6 Å². The van der Waals surface area contributed by atoms with Crippen LogP contribution in [0.25, 0.3) is 0 Å². The van der Waals surface area contributed by atoms with Gasteiger partial charge in [0.05, 0.1) is 5.56 Å². The average Bonchev–Trinajstić information content (AvgIpc) is 2.90. The van der Waals surface area contributed by atoms with Gasteiger partial charge in [-0.3, -0.25) is 0 Å². The molecule has 1 heterocycles. The molecule has 1 aliphatic heterocycles. The lowest BCUT2D eigenvalue weighted by Crippen LogP contribution is -2.36. The van der Waals surface area contributed by atoms with E-state index < -0.39 is 5.97 Å². The van der Waals surface area contributed by atoms with Gasteiger partial charge in [0.15, 0.2) is 0 Å². The van der Waals surface area contributed by atoms with Crippen molar-refractivity contribution in [1.29, 1.82) is 0 Å². The first-order chi connectivity index (χ1) is 9.88. The molecule has 2 rings (SSSR count). The van der Waals surface area contributed by atoms with E-state index >= 15 is 0 Å². The van der Waals surface area contributed by atoms with Crippen LogP contribution >= 0.6 is 15.9 Å². The van der Waals surface area contributed by atoms with Crippen molar-refractivity contribution in [2.75, 3.05) is 32.5 Å². The van der Waals surface area contributed by atoms with Crippen molar-refractivity contribution in [3.8, 4) is 0 Å². The summed E-state index contributed by atoms with van der Waals surface area (Å²) in [7, 11) is 4.00. The van der Waals surface area contributed by atoms with E-state index in [9.17, 15) is 9.59 Å². The minimum absolute atomic E-state index is 0.125. The zero-order valence-electron chi connectivity index (χ0n) is 12.0. The lowest BCUT2D eigenvalue weighted by molar-refractivity contribution is 0.0696. The normalized spacial score (nSPS) is 18.1. The lowest BCUT2D eigenvalue weighted by Gasteiger charge is -2.20. The number of nitrogens with zero attached hydrogens (tertiary/aromatic N) is 2. The summed E-state index contributed by atoms with van der Waals surface area (Å²) < 4.78 is 0.488. The number of anilines is 1. The second kappa shape index (κ2) is 6.44. The molecule has 1 fully saturated rings. The Morgan fingerprint density at radius 3 is 2.71 bits per heavy atom. The number of likely N-dealkylation sites (tertiary alicyclic amines) is 1. The fraction of sp³-hybridized carbons (Fsp3) is 0.429. The number of halogens is 1. The van der Waals surface area contributed by atoms with Gasteiger partial charge in [-0.15, -0.1) is 0 Å². The third kappa shape index (κ3) is 3.74. The van der Waals surface area contributed by atoms with Crippen LogP contribution in [0.5, 0.6) is 0 Å². The number of urea groups is 1. The number of benzene rings is 1. The Labute approximate surface area is 131 Å². The maximum atomic E-state index is 12.2. The number of amides is 2. The number of carbonyl (C=O) groups is 2. The van der Waals surface area contributed by atoms with E-state index in [-0.39, 0.29) is 11.6 Å². The molecule has 2 N–H and O–H groups in total. The third-order valence-electron chi connectivity index (χ3n) is 3.63. The highest BCUT2D eigenvalue weighted by molar-refractivity contribution is 9.10. The molecule has 7 heteroatoms. The van der Waals surface area contributed by atoms with Gasteiger partial charge >= 0.3 is 12.0 Å². The first-order valence-electron chi connectivity index (χ1n) is 6.63. The number of aromatic carboxylic acids is 1. The van der Waals surface area contributed by atoms with Crippen molar-refractivity contribution in [1.82, 2.24) is 9.80 Å². The van der Waals surface area contributed by atoms with Crippen LogP contribution in [0.1, 0.15) is 16.8 Å². The summed E-state index contributed by atoms with van der Waals surface area (Å²) in [5, 5.41) is 11.8. The van der Waals surface area contributed by atoms with Crippen molar-refractivity contribution in [2.24, 2.45) is 0 Å². The van der Waals surface area contributed by atoms with Crippen LogP contribution in [-0.2, 0) is 0 Å². The minimum atomic E-state index is -1.04. The molecule has 0 aliphatic carbocycles. The summed E-state index contributed by atoms with van der Waals surface area (Å²) >= 11 is 3.18. The number of carbonyl (C=O) groups excluding carboxylic acids is 1. The van der Waals surface area contributed by atoms with Gasteiger partial charge in [-0.25, -0.2) is 9.59 Å². The van der Waals surface area contributed by atoms with Gasteiger partial charge < -0.3 is 20.2 Å². The molecule has 0 bridgehead atoms. The summed E-state index contributed by atoms with van der Waals surface area (Å²) in [4.78, 5) is 27.1. The quantitative estimate of drug-likeness (QED) is 0.872. The number of hydrogen-bond donors (Lipinski definition) is 2. The van der Waals surface area contributed by atoms with Crippen LogP contribution in [0.2, 0.25) is 0 Å². The van der Waals surface area contributed by atoms with E-state index in [0.29, 0.717) is 29.3 Å². The molecule has 1 aromatic carbocycles. The molecule has 0 radical (unpaired) electrons. The summed E-state index contributed by atoms with van der Waals surface area (Å²) in [5.74, 6) is -1.04. The molecule has 0 saturated carbocycles. The molecule has 0 spiro atoms. The highest BCUT2D eigenvalue weighted by atomic mass is 79.9. The molecule has 0 aromatic heterocycles. The van der Waals surface area contributed by atoms with E-state index in [1.54, 1.807) is 17.0 Å². The standard InChI is InChI=1S/C14H18BrN3O3/c1-17(2)10-5-6-18(8-10)14(21)16-9-3-4-12(15)11(7-9)13(19)20/h3-4,7,10H,5-6,8H2,1-2H3,(H,16,21)(H,19,20). The summed E-state index contributed by atoms with van der Waals surface area (Å²) in [6.45, 7) is 1.39. The smallest absolute Gasteiger partial charge is 0.336 e. The van der Waals surface area contributed by atoms with Crippen LogP contribution in [0, 0.1) is 0 Å². The zero-order valence-corrected chi connectivity index (χ0v) is 13.6. The Morgan fingerprint density at radius 1 is 1.43 bits per heavy atom. The number of nitrogens with one attached hydrogen (secondary N) is 1. The lowest BCUT2D eigenvalue weighted by atomic mass is 10.2. The number of rotatable bonds is 3. The number of carboxylic acids is 1. The van der Waals surface area contributed by atoms with Gasteiger partial charge in [0.25, 0.3) is 0 Å². The third-order valence-corrected chi connectivity index (χ3v) is 4.32. The number of hydrogen-bond acceptors (Lipinski definition) is 3. The Kier molecular flexibility index (Phi) is 4.84. The van der Waals surface area contributed by atoms with Crippen LogP contribution < -0.4 is 5.32 Å². The molecular formula is C14H18BrN3O3. The second-order valence-electron chi connectivity index (χ2n) is 5.28. The van der Waals surface area contributed by atoms with Crippen LogP contribution in [0.4, 0.5) is 10.5 Å². The molecule has 1 atom stereocenters. The molecule has 6 nitrogen and oxygen atoms in total. The fourth-order valence-corrected chi connectivity index (χ4v) is 2.73. The number of carboxylic acid groups (broad SMARTS) is 1. The highest BCUT2D eigenvalue weighted by Crippen LogP contribution is 2.22. The summed E-state index contributed by atoms with van der Waals surface area (Å²) in [6.07, 6.45) is 0.946. The predicted octanol–water partition coefficient (Wildman–Crippen LogP) is 2.32. The largest absolute Gasteiger partial charge is 0.478 e. The fourth-order valence-electron chi connectivity index (χ4n) is 2.32. The minimum Gasteiger partial charge on any atom is -0.478 e. The molecule has 21 heavy (non-hydrogen) atoms. The van der Waals surface area contributed by atoms with E-state index in [4.69, 9.17) is 5.11 Å². The van der Waals surface area contributed by atoms with Crippen molar-refractivity contribution in [3.05, 3.63) is 28.2 Å². The molecule has 1 saturated heterocycles. The Bertz CT molecular complexity index is 562. The Hall–Kier alpha value is -1.60. The maximum Gasteiger partial charge on any atom is 0.336 e. The molecule has 114 valence electrons. The van der Waals surface area contributed by atoms with Gasteiger partial charge in [0.2, 0.25) is 0 Å². The molecule has 2 amide bonds. The van der Waals surface area contributed by atoms with Crippen LogP contribution in [-0.4, -0.2) is 60.1 Å². The van der Waals surface area contributed by atoms with E-state index in [2.05, 4.69) is 26.1 Å². The number of likely N-dealkylation sites (N-methyl/N-ethyl adjacent to an activating group) is 1. The van der Waals surface area contributed by atoms with E-state index in [1.165, 1.54) is 6.07 Å². The van der Waals surface area contributed by atoms with Crippen LogP contribution in [0.15, 0.2) is 22.7 Å². The van der Waals surface area contributed by atoms with Gasteiger partial charge in [0.1, 0.15) is 0 Å². The van der Waals surface area contributed by atoms with Crippen molar-refractivity contribution in [2.45, 2.75) is 12.5 Å². The molecule has 1 aromatic rings. The monoisotopic (exact) mass is 355 g/mol. The second-order valence-corrected chi connectivity index (χ2v) is 6.14. The molecular weight excluding hydrogens is 338 g/mol. The maximum absolute atomic E-state index is 12.2. The van der Waals surface area contributed by atoms with Gasteiger partial charge in [-0.1, -0.05) is 0 Å². The van der Waals surface area contributed by atoms with Crippen LogP contribution in [0.3, 0.4) is 0 Å². The first-order valence-corrected chi connectivity index (χ1v) is 7.43. The molecule has 1 unspecified atom stereocenters. The summed E-state index contributed by atoms with van der Waals surface area (Å²) in [5.41, 5.74) is 0.606. The highest BCUT2D eigenvalue weighted by Gasteiger charge is 2.27. The Morgan fingerprint density at radius 2 is 2.14 bits per heavy atom. The summed E-state index contributed by atoms with van der Waals surface area (Å²) in [6, 6.07) is 4.91. The molecule has 1 aliphatic rings. The van der Waals surface area contributed by atoms with Crippen molar-refractivity contribution < 1.29 is 14.7 Å². The average molecular weight is 356 g/mol. The van der Waals surface area contributed by atoms with Crippen molar-refractivity contribution in [3.63, 3.8) is 0 Å². The topological polar surface area (TPSA) is 72.9 Å². The Balaban J connectivity index is 2.04. The van der Waals surface area contributed by atoms with E-state index in [1.807, 2.05) is 14.1 Å². The zero-order chi connectivity index (χ0) is 15.6. The SMILES string of the molecule is CN(C)C1CCN(C(=O)Nc2ccc(Br)c(C(=O)O)c2)C1. The first kappa shape index (κ1) is 15.8. The predicted molar refractivity (Wildman–Crippen MR) is 83.8 cm³/mol. The van der Waals surface area contributed by atoms with E-state index in [0.717, 1.165) is 6.42 Å². The van der Waals surface area contributed by atoms with Gasteiger partial charge in [-0.2, -0.15) is 0 Å².